The van der Waals surface area contributed by atoms with Crippen molar-refractivity contribution in [2.75, 3.05) is 27.4 Å². The molecular formula is C12H25NO3. The van der Waals surface area contributed by atoms with Gasteiger partial charge in [0.15, 0.2) is 0 Å². The van der Waals surface area contributed by atoms with Crippen LogP contribution in [0.1, 0.15) is 26.7 Å². The molecular weight excluding hydrogens is 206 g/mol. The van der Waals surface area contributed by atoms with Crippen molar-refractivity contribution in [3.63, 3.8) is 0 Å². The van der Waals surface area contributed by atoms with E-state index in [1.165, 1.54) is 0 Å². The van der Waals surface area contributed by atoms with E-state index in [0.717, 1.165) is 12.8 Å². The van der Waals surface area contributed by atoms with Gasteiger partial charge in [-0.2, -0.15) is 0 Å². The van der Waals surface area contributed by atoms with Crippen LogP contribution in [0.5, 0.6) is 0 Å². The van der Waals surface area contributed by atoms with Crippen molar-refractivity contribution in [2.45, 2.75) is 51.0 Å². The smallest absolute Gasteiger partial charge is 0.0645 e. The molecule has 4 nitrogen and oxygen atoms in total. The van der Waals surface area contributed by atoms with E-state index >= 15 is 0 Å². The summed E-state index contributed by atoms with van der Waals surface area (Å²) >= 11 is 0. The average molecular weight is 231 g/mol. The summed E-state index contributed by atoms with van der Waals surface area (Å²) in [5, 5.41) is 3.18. The Morgan fingerprint density at radius 2 is 1.88 bits per heavy atom. The summed E-state index contributed by atoms with van der Waals surface area (Å²) in [7, 11) is 3.64. The number of rotatable bonds is 6. The number of methoxy groups -OCH3 is 1. The molecule has 0 amide bonds. The molecule has 96 valence electrons. The first-order valence-electron chi connectivity index (χ1n) is 6.09. The normalized spacial score (nSPS) is 32.6. The number of likely N-dealkylation sites (N-methyl/N-ethyl adjacent to an activating group) is 1. The van der Waals surface area contributed by atoms with Crippen LogP contribution in [0.2, 0.25) is 0 Å². The van der Waals surface area contributed by atoms with E-state index < -0.39 is 0 Å². The highest BCUT2D eigenvalue weighted by Crippen LogP contribution is 2.21. The lowest BCUT2D eigenvalue weighted by molar-refractivity contribution is -0.106. The summed E-state index contributed by atoms with van der Waals surface area (Å²) < 4.78 is 16.7. The van der Waals surface area contributed by atoms with Gasteiger partial charge in [-0.25, -0.2) is 0 Å². The Balaban J connectivity index is 2.25. The zero-order chi connectivity index (χ0) is 12.0. The fraction of sp³-hybridized carbons (Fsp3) is 1.00. The molecule has 0 bridgehead atoms. The van der Waals surface area contributed by atoms with Gasteiger partial charge >= 0.3 is 0 Å². The molecule has 0 aliphatic carbocycles. The fourth-order valence-corrected chi connectivity index (χ4v) is 2.15. The van der Waals surface area contributed by atoms with Gasteiger partial charge in [-0.1, -0.05) is 0 Å². The summed E-state index contributed by atoms with van der Waals surface area (Å²) in [6.07, 6.45) is 2.93. The Labute approximate surface area is 98.6 Å². The van der Waals surface area contributed by atoms with E-state index in [9.17, 15) is 0 Å². The van der Waals surface area contributed by atoms with Crippen LogP contribution < -0.4 is 5.32 Å². The Morgan fingerprint density at radius 1 is 1.25 bits per heavy atom. The SMILES string of the molecule is CNC(COC)COC1CC(C)OC(C)C1. The van der Waals surface area contributed by atoms with E-state index in [0.29, 0.717) is 31.5 Å². The van der Waals surface area contributed by atoms with Crippen molar-refractivity contribution >= 4 is 0 Å². The molecule has 0 spiro atoms. The molecule has 1 fully saturated rings. The van der Waals surface area contributed by atoms with E-state index in [4.69, 9.17) is 14.2 Å². The second-order valence-electron chi connectivity index (χ2n) is 4.63. The van der Waals surface area contributed by atoms with E-state index in [2.05, 4.69) is 19.2 Å². The lowest BCUT2D eigenvalue weighted by atomic mass is 10.0. The molecule has 1 aliphatic heterocycles. The van der Waals surface area contributed by atoms with Crippen LogP contribution in [0.4, 0.5) is 0 Å². The van der Waals surface area contributed by atoms with Crippen molar-refractivity contribution in [3.8, 4) is 0 Å². The Hall–Kier alpha value is -0.160. The molecule has 0 aromatic rings. The molecule has 4 heteroatoms. The third-order valence-corrected chi connectivity index (χ3v) is 2.96. The number of nitrogens with one attached hydrogen (secondary N) is 1. The summed E-state index contributed by atoms with van der Waals surface area (Å²) in [5.74, 6) is 0. The number of hydrogen-bond donors (Lipinski definition) is 1. The van der Waals surface area contributed by atoms with Crippen molar-refractivity contribution in [2.24, 2.45) is 0 Å². The average Bonchev–Trinajstić information content (AvgIpc) is 2.23. The van der Waals surface area contributed by atoms with Gasteiger partial charge in [0.25, 0.3) is 0 Å². The Morgan fingerprint density at radius 3 is 2.38 bits per heavy atom. The molecule has 3 atom stereocenters. The van der Waals surface area contributed by atoms with Crippen molar-refractivity contribution in [1.29, 1.82) is 0 Å². The molecule has 1 rings (SSSR count). The van der Waals surface area contributed by atoms with Gasteiger partial charge in [-0.15, -0.1) is 0 Å². The van der Waals surface area contributed by atoms with Crippen molar-refractivity contribution < 1.29 is 14.2 Å². The van der Waals surface area contributed by atoms with E-state index in [-0.39, 0.29) is 6.04 Å². The van der Waals surface area contributed by atoms with Gasteiger partial charge < -0.3 is 19.5 Å². The predicted octanol–water partition coefficient (Wildman–Crippen LogP) is 1.19. The monoisotopic (exact) mass is 231 g/mol. The molecule has 0 radical (unpaired) electrons. The van der Waals surface area contributed by atoms with Crippen LogP contribution >= 0.6 is 0 Å². The Kier molecular flexibility index (Phi) is 6.28. The third-order valence-electron chi connectivity index (χ3n) is 2.96. The third kappa shape index (κ3) is 4.78. The maximum atomic E-state index is 5.91. The molecule has 0 aromatic heterocycles. The Bertz CT molecular complexity index is 179. The first kappa shape index (κ1) is 13.9. The topological polar surface area (TPSA) is 39.7 Å². The summed E-state index contributed by atoms with van der Waals surface area (Å²) in [4.78, 5) is 0. The van der Waals surface area contributed by atoms with Gasteiger partial charge in [0.1, 0.15) is 0 Å². The fourth-order valence-electron chi connectivity index (χ4n) is 2.15. The maximum Gasteiger partial charge on any atom is 0.0645 e. The molecule has 1 N–H and O–H groups in total. The van der Waals surface area contributed by atoms with Crippen LogP contribution in [0.25, 0.3) is 0 Å². The number of ether oxygens (including phenoxy) is 3. The minimum Gasteiger partial charge on any atom is -0.383 e. The van der Waals surface area contributed by atoms with Gasteiger partial charge in [-0.05, 0) is 33.7 Å². The molecule has 16 heavy (non-hydrogen) atoms. The molecule has 0 aromatic carbocycles. The van der Waals surface area contributed by atoms with Crippen molar-refractivity contribution in [1.82, 2.24) is 5.32 Å². The van der Waals surface area contributed by atoms with Crippen LogP contribution in [0.15, 0.2) is 0 Å². The highest BCUT2D eigenvalue weighted by atomic mass is 16.5. The molecule has 3 unspecified atom stereocenters. The highest BCUT2D eigenvalue weighted by molar-refractivity contribution is 4.74. The van der Waals surface area contributed by atoms with E-state index in [1.54, 1.807) is 7.11 Å². The lowest BCUT2D eigenvalue weighted by Gasteiger charge is -2.32. The van der Waals surface area contributed by atoms with Crippen molar-refractivity contribution in [3.05, 3.63) is 0 Å². The summed E-state index contributed by atoms with van der Waals surface area (Å²) in [6.45, 7) is 5.60. The summed E-state index contributed by atoms with van der Waals surface area (Å²) in [6, 6.07) is 0.276. The predicted molar refractivity (Wildman–Crippen MR) is 63.7 cm³/mol. The zero-order valence-corrected chi connectivity index (χ0v) is 10.9. The second-order valence-corrected chi connectivity index (χ2v) is 4.63. The quantitative estimate of drug-likeness (QED) is 0.745. The largest absolute Gasteiger partial charge is 0.383 e. The standard InChI is InChI=1S/C12H25NO3/c1-9-5-12(6-10(2)16-9)15-8-11(13-3)7-14-4/h9-13H,5-8H2,1-4H3. The first-order chi connectivity index (χ1) is 7.65. The lowest BCUT2D eigenvalue weighted by Crippen LogP contribution is -2.39. The number of hydrogen-bond acceptors (Lipinski definition) is 4. The molecule has 0 saturated carbocycles. The van der Waals surface area contributed by atoms with E-state index in [1.807, 2.05) is 7.05 Å². The van der Waals surface area contributed by atoms with Crippen LogP contribution in [-0.2, 0) is 14.2 Å². The van der Waals surface area contributed by atoms with Gasteiger partial charge in [0.05, 0.1) is 37.6 Å². The molecule has 1 heterocycles. The van der Waals surface area contributed by atoms with Gasteiger partial charge in [0.2, 0.25) is 0 Å². The minimum absolute atomic E-state index is 0.276. The van der Waals surface area contributed by atoms with Crippen LogP contribution in [0.3, 0.4) is 0 Å². The minimum atomic E-state index is 0.276. The highest BCUT2D eigenvalue weighted by Gasteiger charge is 2.25. The van der Waals surface area contributed by atoms with Crippen LogP contribution in [-0.4, -0.2) is 51.7 Å². The molecule has 1 aliphatic rings. The zero-order valence-electron chi connectivity index (χ0n) is 10.9. The maximum absolute atomic E-state index is 5.91. The van der Waals surface area contributed by atoms with Gasteiger partial charge in [0, 0.05) is 7.11 Å². The van der Waals surface area contributed by atoms with Crippen LogP contribution in [0, 0.1) is 0 Å². The summed E-state index contributed by atoms with van der Waals surface area (Å²) in [5.41, 5.74) is 0. The molecule has 1 saturated heterocycles. The van der Waals surface area contributed by atoms with Gasteiger partial charge in [-0.3, -0.25) is 0 Å². The first-order valence-corrected chi connectivity index (χ1v) is 6.09. The second kappa shape index (κ2) is 7.22.